The molecule has 6 nitrogen and oxygen atoms in total. The summed E-state index contributed by atoms with van der Waals surface area (Å²) >= 11 is 0. The van der Waals surface area contributed by atoms with Crippen LogP contribution in [0.15, 0.2) is 0 Å². The highest BCUT2D eigenvalue weighted by Crippen LogP contribution is 2.36. The normalized spacial score (nSPS) is 24.2. The molecule has 2 N–H and O–H groups in total. The molecule has 0 saturated heterocycles. The van der Waals surface area contributed by atoms with Gasteiger partial charge in [0.1, 0.15) is 0 Å². The molecule has 39 heavy (non-hydrogen) atoms. The third-order valence-electron chi connectivity index (χ3n) is 8.95. The summed E-state index contributed by atoms with van der Waals surface area (Å²) in [4.78, 5) is 12.8. The van der Waals surface area contributed by atoms with Gasteiger partial charge in [-0.15, -0.1) is 0 Å². The van der Waals surface area contributed by atoms with E-state index in [2.05, 4.69) is 6.92 Å². The Morgan fingerprint density at radius 1 is 0.641 bits per heavy atom. The number of carbonyl (C=O) groups excluding carboxylic acids is 1. The second kappa shape index (κ2) is 22.9. The van der Waals surface area contributed by atoms with Crippen LogP contribution in [0.2, 0.25) is 0 Å². The molecule has 2 unspecified atom stereocenters. The fraction of sp³-hybridized carbons (Fsp3) is 0.970. The number of aliphatic hydroxyl groups is 2. The Morgan fingerprint density at radius 2 is 1.13 bits per heavy atom. The first kappa shape index (κ1) is 34.5. The van der Waals surface area contributed by atoms with Crippen molar-refractivity contribution in [1.82, 2.24) is 0 Å². The Balaban J connectivity index is 1.50. The summed E-state index contributed by atoms with van der Waals surface area (Å²) in [5, 5.41) is 20.0. The van der Waals surface area contributed by atoms with Gasteiger partial charge in [-0.3, -0.25) is 4.79 Å². The molecule has 0 radical (unpaired) electrons. The van der Waals surface area contributed by atoms with Gasteiger partial charge in [0, 0.05) is 25.0 Å². The van der Waals surface area contributed by atoms with Crippen molar-refractivity contribution in [3.05, 3.63) is 0 Å². The van der Waals surface area contributed by atoms with E-state index in [1.54, 1.807) is 0 Å². The molecule has 0 aliphatic heterocycles. The van der Waals surface area contributed by atoms with Gasteiger partial charge in [0.05, 0.1) is 37.9 Å². The average molecular weight is 555 g/mol. The summed E-state index contributed by atoms with van der Waals surface area (Å²) in [6.45, 7) is 3.65. The molecule has 0 aromatic heterocycles. The lowest BCUT2D eigenvalue weighted by Gasteiger charge is -2.39. The maximum absolute atomic E-state index is 12.8. The highest BCUT2D eigenvalue weighted by Gasteiger charge is 2.41. The summed E-state index contributed by atoms with van der Waals surface area (Å²) in [7, 11) is 0. The molecule has 0 heterocycles. The van der Waals surface area contributed by atoms with E-state index in [9.17, 15) is 15.0 Å². The molecule has 0 amide bonds. The van der Waals surface area contributed by atoms with Crippen molar-refractivity contribution in [2.24, 2.45) is 17.8 Å². The van der Waals surface area contributed by atoms with Crippen LogP contribution in [0, 0.1) is 17.8 Å². The predicted molar refractivity (Wildman–Crippen MR) is 158 cm³/mol. The fourth-order valence-electron chi connectivity index (χ4n) is 6.52. The fourth-order valence-corrected chi connectivity index (χ4v) is 6.52. The predicted octanol–water partition coefficient (Wildman–Crippen LogP) is 7.37. The number of hydrogen-bond donors (Lipinski definition) is 2. The molecule has 2 atom stereocenters. The molecule has 0 aromatic rings. The number of unbranched alkanes of at least 4 members (excludes halogenated alkanes) is 13. The van der Waals surface area contributed by atoms with Gasteiger partial charge in [-0.05, 0) is 32.1 Å². The maximum Gasteiger partial charge on any atom is 0.308 e. The Kier molecular flexibility index (Phi) is 20.3. The molecular formula is C33H62O6. The maximum atomic E-state index is 12.8. The molecule has 2 aliphatic rings. The van der Waals surface area contributed by atoms with Crippen LogP contribution in [0.5, 0.6) is 0 Å². The minimum atomic E-state index is -0.274. The van der Waals surface area contributed by atoms with E-state index in [1.165, 1.54) is 96.3 Å². The van der Waals surface area contributed by atoms with Crippen LogP contribution >= 0.6 is 0 Å². The lowest BCUT2D eigenvalue weighted by atomic mass is 9.73. The molecule has 0 spiro atoms. The monoisotopic (exact) mass is 554 g/mol. The van der Waals surface area contributed by atoms with Gasteiger partial charge >= 0.3 is 5.97 Å². The summed E-state index contributed by atoms with van der Waals surface area (Å²) in [6.07, 6.45) is 25.5. The number of ether oxygens (including phenoxy) is 3. The van der Waals surface area contributed by atoms with Crippen molar-refractivity contribution < 1.29 is 29.2 Å². The van der Waals surface area contributed by atoms with Crippen molar-refractivity contribution in [2.75, 3.05) is 33.0 Å². The van der Waals surface area contributed by atoms with Crippen LogP contribution in [-0.4, -0.2) is 61.4 Å². The molecule has 2 aliphatic carbocycles. The van der Waals surface area contributed by atoms with Gasteiger partial charge in [-0.1, -0.05) is 110 Å². The summed E-state index contributed by atoms with van der Waals surface area (Å²) in [6, 6.07) is 0. The average Bonchev–Trinajstić information content (AvgIpc) is 2.97. The lowest BCUT2D eigenvalue weighted by molar-refractivity contribution is -0.157. The molecule has 0 aromatic carbocycles. The Labute approximate surface area is 239 Å². The molecule has 230 valence electrons. The van der Waals surface area contributed by atoms with Crippen molar-refractivity contribution in [1.29, 1.82) is 0 Å². The van der Waals surface area contributed by atoms with E-state index >= 15 is 0 Å². The third kappa shape index (κ3) is 15.2. The minimum Gasteiger partial charge on any atom is -0.465 e. The molecule has 2 rings (SSSR count). The number of rotatable bonds is 23. The van der Waals surface area contributed by atoms with Crippen molar-refractivity contribution >= 4 is 5.97 Å². The standard InChI is InChI=1S/C33H62O6/c1-2-3-4-5-6-7-8-9-10-11-12-13-14-18-21-39-33(36)28-24-29(26-34)32(30(25-28)27-35)38-23-22-37-31-19-16-15-17-20-31/h28-32,34-35H,2-27H2,1H3. The molecule has 0 bridgehead atoms. The number of aliphatic hydroxyl groups excluding tert-OH is 2. The van der Waals surface area contributed by atoms with Crippen LogP contribution in [0.25, 0.3) is 0 Å². The summed E-state index contributed by atoms with van der Waals surface area (Å²) in [5.41, 5.74) is 0. The number of hydrogen-bond acceptors (Lipinski definition) is 6. The van der Waals surface area contributed by atoms with E-state index < -0.39 is 0 Å². The second-order valence-electron chi connectivity index (χ2n) is 12.3. The molecule has 6 heteroatoms. The number of esters is 1. The van der Waals surface area contributed by atoms with Gasteiger partial charge in [-0.25, -0.2) is 0 Å². The van der Waals surface area contributed by atoms with Crippen molar-refractivity contribution in [3.63, 3.8) is 0 Å². The summed E-state index contributed by atoms with van der Waals surface area (Å²) < 4.78 is 17.7. The third-order valence-corrected chi connectivity index (χ3v) is 8.95. The van der Waals surface area contributed by atoms with Crippen molar-refractivity contribution in [2.45, 2.75) is 154 Å². The zero-order valence-corrected chi connectivity index (χ0v) is 25.3. The van der Waals surface area contributed by atoms with Gasteiger partial charge < -0.3 is 24.4 Å². The van der Waals surface area contributed by atoms with E-state index in [-0.39, 0.29) is 43.0 Å². The van der Waals surface area contributed by atoms with E-state index in [1.807, 2.05) is 0 Å². The van der Waals surface area contributed by atoms with Crippen LogP contribution in [0.3, 0.4) is 0 Å². The van der Waals surface area contributed by atoms with Gasteiger partial charge in [0.2, 0.25) is 0 Å². The summed E-state index contributed by atoms with van der Waals surface area (Å²) in [5.74, 6) is -0.779. The zero-order valence-electron chi connectivity index (χ0n) is 25.3. The first-order valence-electron chi connectivity index (χ1n) is 16.8. The molecular weight excluding hydrogens is 492 g/mol. The largest absolute Gasteiger partial charge is 0.465 e. The molecule has 2 fully saturated rings. The van der Waals surface area contributed by atoms with Gasteiger partial charge in [-0.2, -0.15) is 0 Å². The van der Waals surface area contributed by atoms with Crippen LogP contribution in [0.1, 0.15) is 142 Å². The van der Waals surface area contributed by atoms with Crippen LogP contribution in [-0.2, 0) is 19.0 Å². The highest BCUT2D eigenvalue weighted by atomic mass is 16.5. The minimum absolute atomic E-state index is 0.0482. The van der Waals surface area contributed by atoms with Crippen LogP contribution in [0.4, 0.5) is 0 Å². The quantitative estimate of drug-likeness (QED) is 0.101. The van der Waals surface area contributed by atoms with E-state index in [0.717, 1.165) is 25.7 Å². The van der Waals surface area contributed by atoms with E-state index in [0.29, 0.717) is 38.8 Å². The SMILES string of the molecule is CCCCCCCCCCCCCCCCOC(=O)C1CC(CO)C(OCCOC2CCCCC2)C(CO)C1. The number of carbonyl (C=O) groups is 1. The first-order chi connectivity index (χ1) is 19.2. The van der Waals surface area contributed by atoms with Gasteiger partial charge in [0.25, 0.3) is 0 Å². The zero-order chi connectivity index (χ0) is 28.0. The Bertz CT molecular complexity index is 565. The highest BCUT2D eigenvalue weighted by molar-refractivity contribution is 5.72. The smallest absolute Gasteiger partial charge is 0.308 e. The van der Waals surface area contributed by atoms with Gasteiger partial charge in [0.15, 0.2) is 0 Å². The van der Waals surface area contributed by atoms with E-state index in [4.69, 9.17) is 14.2 Å². The van der Waals surface area contributed by atoms with Crippen LogP contribution < -0.4 is 0 Å². The second-order valence-corrected chi connectivity index (χ2v) is 12.3. The first-order valence-corrected chi connectivity index (χ1v) is 16.8. The Morgan fingerprint density at radius 3 is 1.64 bits per heavy atom. The molecule has 2 saturated carbocycles. The van der Waals surface area contributed by atoms with Crippen molar-refractivity contribution in [3.8, 4) is 0 Å². The topological polar surface area (TPSA) is 85.2 Å². The Hall–Kier alpha value is -0.690. The lowest BCUT2D eigenvalue weighted by Crippen LogP contribution is -2.45.